The molecule has 0 aliphatic rings. The third-order valence-electron chi connectivity index (χ3n) is 2.37. The third kappa shape index (κ3) is 4.26. The Labute approximate surface area is 115 Å². The molecule has 0 aliphatic carbocycles. The standard InChI is InChI=1S/C13H15N3O2S/c14-13-16-11(9-19-13)12(17)15-7-4-8-18-10-5-2-1-3-6-10/h1-3,5-6,9H,4,7-8H2,(H2,14,16)(H,15,17). The first-order valence-electron chi connectivity index (χ1n) is 5.93. The van der Waals surface area contributed by atoms with Gasteiger partial charge in [0, 0.05) is 11.9 Å². The number of rotatable bonds is 6. The van der Waals surface area contributed by atoms with E-state index in [1.165, 1.54) is 11.3 Å². The molecule has 0 unspecified atom stereocenters. The SMILES string of the molecule is Nc1nc(C(=O)NCCCOc2ccccc2)cs1. The zero-order chi connectivity index (χ0) is 13.5. The lowest BCUT2D eigenvalue weighted by atomic mass is 10.3. The maximum atomic E-state index is 11.6. The van der Waals surface area contributed by atoms with E-state index >= 15 is 0 Å². The first kappa shape index (κ1) is 13.4. The van der Waals surface area contributed by atoms with Gasteiger partial charge in [0.2, 0.25) is 0 Å². The molecule has 6 heteroatoms. The Balaban J connectivity index is 1.63. The molecule has 0 fully saturated rings. The normalized spacial score (nSPS) is 10.1. The van der Waals surface area contributed by atoms with Crippen LogP contribution in [0.4, 0.5) is 5.13 Å². The van der Waals surface area contributed by atoms with Crippen molar-refractivity contribution in [2.45, 2.75) is 6.42 Å². The van der Waals surface area contributed by atoms with E-state index in [1.54, 1.807) is 5.38 Å². The molecule has 2 aromatic rings. The number of hydrogen-bond acceptors (Lipinski definition) is 5. The second-order valence-electron chi connectivity index (χ2n) is 3.84. The maximum absolute atomic E-state index is 11.6. The summed E-state index contributed by atoms with van der Waals surface area (Å²) in [5, 5.41) is 4.81. The number of ether oxygens (including phenoxy) is 1. The molecule has 2 rings (SSSR count). The van der Waals surface area contributed by atoms with E-state index in [0.717, 1.165) is 12.2 Å². The van der Waals surface area contributed by atoms with E-state index in [-0.39, 0.29) is 5.91 Å². The van der Waals surface area contributed by atoms with Crippen molar-refractivity contribution < 1.29 is 9.53 Å². The number of amides is 1. The molecular formula is C13H15N3O2S. The number of benzene rings is 1. The summed E-state index contributed by atoms with van der Waals surface area (Å²) in [6.07, 6.45) is 0.736. The van der Waals surface area contributed by atoms with Gasteiger partial charge < -0.3 is 15.8 Å². The van der Waals surface area contributed by atoms with Crippen LogP contribution in [0.25, 0.3) is 0 Å². The van der Waals surface area contributed by atoms with Crippen molar-refractivity contribution in [2.75, 3.05) is 18.9 Å². The average molecular weight is 277 g/mol. The van der Waals surface area contributed by atoms with Gasteiger partial charge in [-0.25, -0.2) is 4.98 Å². The fourth-order valence-electron chi connectivity index (χ4n) is 1.46. The Morgan fingerprint density at radius 3 is 2.84 bits per heavy atom. The number of nitrogens with zero attached hydrogens (tertiary/aromatic N) is 1. The van der Waals surface area contributed by atoms with Gasteiger partial charge in [-0.3, -0.25) is 4.79 Å². The number of nitrogens with two attached hydrogens (primary N) is 1. The second-order valence-corrected chi connectivity index (χ2v) is 4.73. The number of nitrogen functional groups attached to an aromatic ring is 1. The highest BCUT2D eigenvalue weighted by molar-refractivity contribution is 7.13. The molecule has 1 heterocycles. The second kappa shape index (κ2) is 6.75. The average Bonchev–Trinajstić information content (AvgIpc) is 2.86. The predicted molar refractivity (Wildman–Crippen MR) is 75.4 cm³/mol. The molecule has 5 nitrogen and oxygen atoms in total. The third-order valence-corrected chi connectivity index (χ3v) is 3.05. The fourth-order valence-corrected chi connectivity index (χ4v) is 2.01. The molecule has 0 spiro atoms. The summed E-state index contributed by atoms with van der Waals surface area (Å²) in [5.41, 5.74) is 5.83. The van der Waals surface area contributed by atoms with Crippen molar-refractivity contribution >= 4 is 22.4 Å². The smallest absolute Gasteiger partial charge is 0.270 e. The monoisotopic (exact) mass is 277 g/mol. The Bertz CT molecular complexity index is 528. The van der Waals surface area contributed by atoms with Crippen LogP contribution in [0.5, 0.6) is 5.75 Å². The minimum absolute atomic E-state index is 0.201. The van der Waals surface area contributed by atoms with Crippen LogP contribution in [0.2, 0.25) is 0 Å². The molecule has 0 atom stereocenters. The number of aromatic nitrogens is 1. The molecule has 19 heavy (non-hydrogen) atoms. The molecule has 0 aliphatic heterocycles. The number of carbonyl (C=O) groups is 1. The first-order valence-corrected chi connectivity index (χ1v) is 6.81. The van der Waals surface area contributed by atoms with Gasteiger partial charge in [-0.2, -0.15) is 0 Å². The summed E-state index contributed by atoms with van der Waals surface area (Å²) >= 11 is 1.25. The van der Waals surface area contributed by atoms with Crippen LogP contribution in [-0.4, -0.2) is 24.0 Å². The van der Waals surface area contributed by atoms with Gasteiger partial charge in [-0.15, -0.1) is 11.3 Å². The Morgan fingerprint density at radius 1 is 1.37 bits per heavy atom. The molecule has 0 saturated carbocycles. The van der Waals surface area contributed by atoms with Gasteiger partial charge >= 0.3 is 0 Å². The van der Waals surface area contributed by atoms with E-state index in [4.69, 9.17) is 10.5 Å². The first-order chi connectivity index (χ1) is 9.25. The van der Waals surface area contributed by atoms with Gasteiger partial charge in [-0.1, -0.05) is 18.2 Å². The minimum atomic E-state index is -0.201. The van der Waals surface area contributed by atoms with Gasteiger partial charge in [0.15, 0.2) is 5.13 Å². The largest absolute Gasteiger partial charge is 0.494 e. The lowest BCUT2D eigenvalue weighted by molar-refractivity contribution is 0.0947. The Hall–Kier alpha value is -2.08. The zero-order valence-corrected chi connectivity index (χ0v) is 11.2. The van der Waals surface area contributed by atoms with Crippen LogP contribution >= 0.6 is 11.3 Å². The summed E-state index contributed by atoms with van der Waals surface area (Å²) in [7, 11) is 0. The Kier molecular flexibility index (Phi) is 4.74. The molecule has 3 N–H and O–H groups in total. The summed E-state index contributed by atoms with van der Waals surface area (Å²) in [6, 6.07) is 9.58. The van der Waals surface area contributed by atoms with Gasteiger partial charge in [0.1, 0.15) is 11.4 Å². The number of hydrogen-bond donors (Lipinski definition) is 2. The van der Waals surface area contributed by atoms with Crippen molar-refractivity contribution in [1.29, 1.82) is 0 Å². The van der Waals surface area contributed by atoms with Crippen LogP contribution in [0, 0.1) is 0 Å². The van der Waals surface area contributed by atoms with Crippen molar-refractivity contribution in [2.24, 2.45) is 0 Å². The number of thiazole rings is 1. The van der Waals surface area contributed by atoms with E-state index in [9.17, 15) is 4.79 Å². The Morgan fingerprint density at radius 2 is 2.16 bits per heavy atom. The quantitative estimate of drug-likeness (QED) is 0.791. The zero-order valence-electron chi connectivity index (χ0n) is 10.3. The van der Waals surface area contributed by atoms with Crippen LogP contribution in [0.1, 0.15) is 16.9 Å². The van der Waals surface area contributed by atoms with Crippen molar-refractivity contribution in [1.82, 2.24) is 10.3 Å². The van der Waals surface area contributed by atoms with E-state index in [0.29, 0.717) is 24.0 Å². The molecule has 0 saturated heterocycles. The van der Waals surface area contributed by atoms with Crippen LogP contribution in [0.15, 0.2) is 35.7 Å². The molecule has 1 amide bonds. The van der Waals surface area contributed by atoms with Crippen LogP contribution in [-0.2, 0) is 0 Å². The molecule has 0 bridgehead atoms. The van der Waals surface area contributed by atoms with Gasteiger partial charge in [0.05, 0.1) is 6.61 Å². The minimum Gasteiger partial charge on any atom is -0.494 e. The van der Waals surface area contributed by atoms with E-state index in [1.807, 2.05) is 30.3 Å². The van der Waals surface area contributed by atoms with Crippen molar-refractivity contribution in [3.63, 3.8) is 0 Å². The van der Waals surface area contributed by atoms with Crippen molar-refractivity contribution in [3.05, 3.63) is 41.4 Å². The number of carbonyl (C=O) groups excluding carboxylic acids is 1. The molecule has 100 valence electrons. The highest BCUT2D eigenvalue weighted by atomic mass is 32.1. The highest BCUT2D eigenvalue weighted by Gasteiger charge is 2.08. The highest BCUT2D eigenvalue weighted by Crippen LogP contribution is 2.10. The summed E-state index contributed by atoms with van der Waals surface area (Å²) in [5.74, 6) is 0.633. The topological polar surface area (TPSA) is 77.2 Å². The number of anilines is 1. The lowest BCUT2D eigenvalue weighted by Crippen LogP contribution is -2.25. The molecule has 1 aromatic carbocycles. The van der Waals surface area contributed by atoms with Crippen LogP contribution < -0.4 is 15.8 Å². The number of nitrogens with one attached hydrogen (secondary N) is 1. The van der Waals surface area contributed by atoms with E-state index < -0.39 is 0 Å². The summed E-state index contributed by atoms with van der Waals surface area (Å²) in [4.78, 5) is 15.5. The molecule has 0 radical (unpaired) electrons. The fraction of sp³-hybridized carbons (Fsp3) is 0.231. The van der Waals surface area contributed by atoms with Crippen molar-refractivity contribution in [3.8, 4) is 5.75 Å². The maximum Gasteiger partial charge on any atom is 0.270 e. The summed E-state index contributed by atoms with van der Waals surface area (Å²) < 4.78 is 5.51. The molecular weight excluding hydrogens is 262 g/mol. The van der Waals surface area contributed by atoms with Crippen LogP contribution in [0.3, 0.4) is 0 Å². The van der Waals surface area contributed by atoms with E-state index in [2.05, 4.69) is 10.3 Å². The van der Waals surface area contributed by atoms with Gasteiger partial charge in [-0.05, 0) is 18.6 Å². The van der Waals surface area contributed by atoms with Gasteiger partial charge in [0.25, 0.3) is 5.91 Å². The molecule has 1 aromatic heterocycles. The lowest BCUT2D eigenvalue weighted by Gasteiger charge is -2.06. The predicted octanol–water partition coefficient (Wildman–Crippen LogP) is 1.92. The number of para-hydroxylation sites is 1. The summed E-state index contributed by atoms with van der Waals surface area (Å²) in [6.45, 7) is 1.10.